The molecule has 32 heavy (non-hydrogen) atoms. The van der Waals surface area contributed by atoms with Gasteiger partial charge in [-0.15, -0.1) is 0 Å². The maximum atomic E-state index is 2.70. The molecule has 0 aromatic heterocycles. The van der Waals surface area contributed by atoms with Crippen molar-refractivity contribution in [1.29, 1.82) is 0 Å². The minimum absolute atomic E-state index is 0.155. The van der Waals surface area contributed by atoms with Gasteiger partial charge in [-0.05, 0) is 0 Å². The van der Waals surface area contributed by atoms with Crippen LogP contribution in [-0.4, -0.2) is 6.88 Å². The Morgan fingerprint density at radius 2 is 1.53 bits per heavy atom. The monoisotopic (exact) mass is 518 g/mol. The summed E-state index contributed by atoms with van der Waals surface area (Å²) < 4.78 is 7.77. The summed E-state index contributed by atoms with van der Waals surface area (Å²) in [6.45, 7) is 18.9. The molecule has 0 amide bonds. The number of rotatable bonds is 3. The number of benzene rings is 2. The van der Waals surface area contributed by atoms with Crippen molar-refractivity contribution < 1.29 is 17.4 Å². The average Bonchev–Trinajstić information content (AvgIpc) is 3.20. The predicted octanol–water partition coefficient (Wildman–Crippen LogP) is 8.06. The molecule has 0 saturated carbocycles. The first-order valence-electron chi connectivity index (χ1n) is 12.1. The molecule has 0 radical (unpaired) electrons. The Hall–Kier alpha value is -1.24. The van der Waals surface area contributed by atoms with Crippen LogP contribution in [0.15, 0.2) is 74.6 Å². The molecule has 0 N–H and O–H groups in total. The van der Waals surface area contributed by atoms with Crippen LogP contribution in [0.5, 0.6) is 0 Å². The third kappa shape index (κ3) is 3.67. The molecule has 0 bridgehead atoms. The molecule has 0 nitrogen and oxygen atoms in total. The molecule has 4 rings (SSSR count). The van der Waals surface area contributed by atoms with Gasteiger partial charge in [0.05, 0.1) is 0 Å². The average molecular weight is 520 g/mol. The number of hydrogen-bond donors (Lipinski definition) is 0. The maximum absolute atomic E-state index is 3.35. The van der Waals surface area contributed by atoms with E-state index in [9.17, 15) is 0 Å². The second-order valence-electron chi connectivity index (χ2n) is 12.4. The van der Waals surface area contributed by atoms with Crippen LogP contribution in [-0.2, 0) is 22.8 Å². The van der Waals surface area contributed by atoms with E-state index in [1.807, 2.05) is 3.28 Å². The zero-order chi connectivity index (χ0) is 23.7. The standard InChI is InChI=1S/C19H19.C9H13.2CH3.H2Si.Zr/c1-19(2,3)16-9-6-8-15(13-16)18-12-11-14-7-4-5-10-17(14)18;1-6-5-7(2)9(4)8(6)3;;;;/h4-13H,1-3H3;6H,1-4H3;2*1H3;1H2;. The third-order valence-corrected chi connectivity index (χ3v) is 25.7. The topological polar surface area (TPSA) is 0 Å². The molecule has 0 fully saturated rings. The van der Waals surface area contributed by atoms with Gasteiger partial charge in [0.1, 0.15) is 0 Å². The van der Waals surface area contributed by atoms with Gasteiger partial charge in [0.15, 0.2) is 0 Å². The Kier molecular flexibility index (Phi) is 5.71. The van der Waals surface area contributed by atoms with E-state index in [2.05, 4.69) is 119 Å². The van der Waals surface area contributed by atoms with E-state index in [1.54, 1.807) is 16.7 Å². The first-order chi connectivity index (χ1) is 14.7. The molecule has 2 unspecified atom stereocenters. The fourth-order valence-corrected chi connectivity index (χ4v) is 24.9. The second-order valence-corrected chi connectivity index (χ2v) is 41.9. The summed E-state index contributed by atoms with van der Waals surface area (Å²) in [5.41, 5.74) is 12.1. The van der Waals surface area contributed by atoms with E-state index in [0.29, 0.717) is 9.54 Å². The molecule has 0 heterocycles. The third-order valence-electron chi connectivity index (χ3n) is 8.48. The fourth-order valence-electron chi connectivity index (χ4n) is 6.39. The minimum atomic E-state index is -3.35. The molecule has 2 heteroatoms. The van der Waals surface area contributed by atoms with Crippen molar-refractivity contribution in [3.63, 3.8) is 0 Å². The van der Waals surface area contributed by atoms with Crippen LogP contribution in [0.4, 0.5) is 0 Å². The van der Waals surface area contributed by atoms with E-state index in [4.69, 9.17) is 0 Å². The number of fused-ring (bicyclic) bond motifs is 1. The van der Waals surface area contributed by atoms with Crippen LogP contribution in [0, 0.1) is 5.92 Å². The van der Waals surface area contributed by atoms with E-state index in [1.165, 1.54) is 27.8 Å². The van der Waals surface area contributed by atoms with Crippen LogP contribution in [0.3, 0.4) is 0 Å². The number of hydrogen-bond acceptors (Lipinski definition) is 0. The zero-order valence-electron chi connectivity index (χ0n) is 21.6. The van der Waals surface area contributed by atoms with Gasteiger partial charge in [0.25, 0.3) is 0 Å². The van der Waals surface area contributed by atoms with Gasteiger partial charge >= 0.3 is 199 Å². The summed E-state index contributed by atoms with van der Waals surface area (Å²) in [5, 5.41) is 0. The Morgan fingerprint density at radius 1 is 0.875 bits per heavy atom. The predicted molar refractivity (Wildman–Crippen MR) is 142 cm³/mol. The van der Waals surface area contributed by atoms with E-state index < -0.39 is 17.4 Å². The Balaban J connectivity index is 1.92. The molecule has 2 aromatic rings. The first kappa shape index (κ1) is 23.9. The van der Waals surface area contributed by atoms with Gasteiger partial charge in [-0.2, -0.15) is 0 Å². The van der Waals surface area contributed by atoms with Crippen LogP contribution in [0.25, 0.3) is 5.57 Å². The van der Waals surface area contributed by atoms with Gasteiger partial charge in [0.2, 0.25) is 0 Å². The molecule has 0 spiro atoms. The fraction of sp³-hybridized carbons (Fsp3) is 0.400. The molecular weight excluding hydrogens is 480 g/mol. The van der Waals surface area contributed by atoms with E-state index in [0.717, 1.165) is 0 Å². The van der Waals surface area contributed by atoms with Crippen molar-refractivity contribution in [3.8, 4) is 0 Å². The summed E-state index contributed by atoms with van der Waals surface area (Å²) >= 11 is -3.35. The molecule has 2 aliphatic carbocycles. The van der Waals surface area contributed by atoms with Crippen molar-refractivity contribution in [2.45, 2.75) is 66.8 Å². The van der Waals surface area contributed by atoms with Crippen molar-refractivity contribution in [2.24, 2.45) is 5.92 Å². The van der Waals surface area contributed by atoms with Crippen LogP contribution >= 0.6 is 0 Å². The van der Waals surface area contributed by atoms with Gasteiger partial charge in [-0.3, -0.25) is 0 Å². The molecule has 168 valence electrons. The van der Waals surface area contributed by atoms with Crippen molar-refractivity contribution in [1.82, 2.24) is 0 Å². The van der Waals surface area contributed by atoms with Crippen molar-refractivity contribution >= 4 is 12.5 Å². The molecule has 2 aromatic carbocycles. The van der Waals surface area contributed by atoms with E-state index >= 15 is 0 Å². The van der Waals surface area contributed by atoms with Crippen LogP contribution < -0.4 is 0 Å². The summed E-state index contributed by atoms with van der Waals surface area (Å²) in [6, 6.07) is 18.5. The van der Waals surface area contributed by atoms with Gasteiger partial charge in [-0.1, -0.05) is 0 Å². The summed E-state index contributed by atoms with van der Waals surface area (Å²) in [4.78, 5) is 0. The Bertz CT molecular complexity index is 1270. The summed E-state index contributed by atoms with van der Waals surface area (Å²) in [7, 11) is 0. The molecule has 2 aliphatic rings. The second kappa shape index (κ2) is 7.64. The first-order valence-corrected chi connectivity index (χ1v) is 25.6. The van der Waals surface area contributed by atoms with Gasteiger partial charge in [0, 0.05) is 0 Å². The summed E-state index contributed by atoms with van der Waals surface area (Å²) in [5.74, 6) is 0.585. The zero-order valence-corrected chi connectivity index (χ0v) is 25.4. The van der Waals surface area contributed by atoms with Crippen molar-refractivity contribution in [3.05, 3.63) is 96.9 Å². The van der Waals surface area contributed by atoms with E-state index in [-0.39, 0.29) is 5.41 Å². The number of allylic oxidation sites excluding steroid dienone is 5. The Morgan fingerprint density at radius 3 is 2.12 bits per heavy atom. The molecule has 2 atom stereocenters. The van der Waals surface area contributed by atoms with Crippen molar-refractivity contribution in [2.75, 3.05) is 0 Å². The normalized spacial score (nSPS) is 21.9. The molecular formula is C30H40SiZr. The Labute approximate surface area is 198 Å². The van der Waals surface area contributed by atoms with Crippen LogP contribution in [0.1, 0.15) is 74.3 Å². The molecule has 0 aliphatic heterocycles. The van der Waals surface area contributed by atoms with Gasteiger partial charge < -0.3 is 0 Å². The molecule has 0 saturated heterocycles. The van der Waals surface area contributed by atoms with Gasteiger partial charge in [-0.25, -0.2) is 0 Å². The SMILES string of the molecule is CC1=C(C)C(C)[C]([Zr]([CH3])([CH3])(=[SiH2])[CH]2C=C(c3cccc(C(C)(C)C)c3)c3ccccc32)=C1C. The quantitative estimate of drug-likeness (QED) is 0.360. The van der Waals surface area contributed by atoms with Crippen LogP contribution in [0.2, 0.25) is 9.26 Å². The summed E-state index contributed by atoms with van der Waals surface area (Å²) in [6.07, 6.45) is 2.67.